The fourth-order valence-corrected chi connectivity index (χ4v) is 2.62. The first-order valence-corrected chi connectivity index (χ1v) is 6.93. The molecule has 0 saturated carbocycles. The van der Waals surface area contributed by atoms with Gasteiger partial charge in [-0.2, -0.15) is 0 Å². The van der Waals surface area contributed by atoms with Gasteiger partial charge in [0.1, 0.15) is 5.82 Å². The Hall–Kier alpha value is -0.680. The van der Waals surface area contributed by atoms with E-state index >= 15 is 0 Å². The van der Waals surface area contributed by atoms with Gasteiger partial charge in [-0.1, -0.05) is 17.7 Å². The summed E-state index contributed by atoms with van der Waals surface area (Å²) < 4.78 is 18.7. The van der Waals surface area contributed by atoms with Crippen LogP contribution in [0.4, 0.5) is 4.39 Å². The SMILES string of the molecule is CC(c1ccc(F)cc1Cl)N(C)CC1CNCCO1. The highest BCUT2D eigenvalue weighted by atomic mass is 35.5. The second kappa shape index (κ2) is 6.66. The van der Waals surface area contributed by atoms with Gasteiger partial charge in [0.05, 0.1) is 12.7 Å². The maximum atomic E-state index is 13.1. The van der Waals surface area contributed by atoms with Crippen LogP contribution >= 0.6 is 11.6 Å². The third kappa shape index (κ3) is 3.89. The lowest BCUT2D eigenvalue weighted by Gasteiger charge is -2.32. The molecule has 2 unspecified atom stereocenters. The third-order valence-corrected chi connectivity index (χ3v) is 3.90. The van der Waals surface area contributed by atoms with Crippen molar-refractivity contribution in [1.82, 2.24) is 10.2 Å². The molecule has 1 saturated heterocycles. The Morgan fingerprint density at radius 3 is 3.00 bits per heavy atom. The van der Waals surface area contributed by atoms with Crippen LogP contribution in [0.15, 0.2) is 18.2 Å². The van der Waals surface area contributed by atoms with Crippen LogP contribution in [0.5, 0.6) is 0 Å². The normalized spacial score (nSPS) is 21.6. The Morgan fingerprint density at radius 2 is 2.37 bits per heavy atom. The number of nitrogens with zero attached hydrogens (tertiary/aromatic N) is 1. The summed E-state index contributed by atoms with van der Waals surface area (Å²) in [6.07, 6.45) is 0.195. The third-order valence-electron chi connectivity index (χ3n) is 3.57. The van der Waals surface area contributed by atoms with Gasteiger partial charge in [0.25, 0.3) is 0 Å². The van der Waals surface area contributed by atoms with Gasteiger partial charge in [-0.3, -0.25) is 4.90 Å². The van der Waals surface area contributed by atoms with Gasteiger partial charge in [0.15, 0.2) is 0 Å². The number of benzene rings is 1. The lowest BCUT2D eigenvalue weighted by molar-refractivity contribution is 0.00393. The van der Waals surface area contributed by atoms with E-state index < -0.39 is 0 Å². The molecule has 3 nitrogen and oxygen atoms in total. The van der Waals surface area contributed by atoms with Crippen LogP contribution in [0.2, 0.25) is 5.02 Å². The van der Waals surface area contributed by atoms with E-state index in [1.54, 1.807) is 6.07 Å². The molecule has 106 valence electrons. The summed E-state index contributed by atoms with van der Waals surface area (Å²) in [6.45, 7) is 5.43. The van der Waals surface area contributed by atoms with Gasteiger partial charge in [-0.25, -0.2) is 4.39 Å². The average molecular weight is 287 g/mol. The molecule has 1 aliphatic heterocycles. The molecule has 0 aromatic heterocycles. The van der Waals surface area contributed by atoms with Crippen LogP contribution in [0.3, 0.4) is 0 Å². The molecule has 0 spiro atoms. The Bertz CT molecular complexity index is 424. The smallest absolute Gasteiger partial charge is 0.124 e. The van der Waals surface area contributed by atoms with E-state index in [1.165, 1.54) is 12.1 Å². The number of ether oxygens (including phenoxy) is 1. The Labute approximate surface area is 118 Å². The van der Waals surface area contributed by atoms with Gasteiger partial charge in [-0.15, -0.1) is 0 Å². The minimum Gasteiger partial charge on any atom is -0.374 e. The van der Waals surface area contributed by atoms with Crippen molar-refractivity contribution in [2.24, 2.45) is 0 Å². The fourth-order valence-electron chi connectivity index (χ4n) is 2.29. The topological polar surface area (TPSA) is 24.5 Å². The van der Waals surface area contributed by atoms with Crippen molar-refractivity contribution in [1.29, 1.82) is 0 Å². The molecule has 1 aromatic carbocycles. The minimum absolute atomic E-state index is 0.124. The summed E-state index contributed by atoms with van der Waals surface area (Å²) in [6, 6.07) is 4.68. The Morgan fingerprint density at radius 1 is 1.58 bits per heavy atom. The molecular weight excluding hydrogens is 267 g/mol. The molecule has 0 aliphatic carbocycles. The molecule has 5 heteroatoms. The molecule has 0 amide bonds. The van der Waals surface area contributed by atoms with E-state index in [1.807, 2.05) is 7.05 Å². The molecule has 19 heavy (non-hydrogen) atoms. The van der Waals surface area contributed by atoms with Crippen LogP contribution < -0.4 is 5.32 Å². The molecule has 2 rings (SSSR count). The highest BCUT2D eigenvalue weighted by molar-refractivity contribution is 6.31. The summed E-state index contributed by atoms with van der Waals surface area (Å²) in [7, 11) is 2.03. The van der Waals surface area contributed by atoms with E-state index in [9.17, 15) is 4.39 Å². The van der Waals surface area contributed by atoms with Crippen LogP contribution in [0, 0.1) is 5.82 Å². The number of morpholine rings is 1. The van der Waals surface area contributed by atoms with Crippen molar-refractivity contribution >= 4 is 11.6 Å². The van der Waals surface area contributed by atoms with Crippen molar-refractivity contribution in [3.05, 3.63) is 34.6 Å². The Kier molecular flexibility index (Phi) is 5.16. The molecule has 0 bridgehead atoms. The number of halogens is 2. The molecule has 1 aromatic rings. The summed E-state index contributed by atoms with van der Waals surface area (Å²) in [5.41, 5.74) is 0.939. The zero-order valence-corrected chi connectivity index (χ0v) is 12.1. The van der Waals surface area contributed by atoms with Crippen molar-refractivity contribution in [2.75, 3.05) is 33.3 Å². The van der Waals surface area contributed by atoms with Crippen LogP contribution in [0.25, 0.3) is 0 Å². The summed E-state index contributed by atoms with van der Waals surface area (Å²) in [5, 5.41) is 3.78. The largest absolute Gasteiger partial charge is 0.374 e. The molecule has 1 fully saturated rings. The fraction of sp³-hybridized carbons (Fsp3) is 0.571. The van der Waals surface area contributed by atoms with Crippen LogP contribution in [-0.2, 0) is 4.74 Å². The monoisotopic (exact) mass is 286 g/mol. The lowest BCUT2D eigenvalue weighted by atomic mass is 10.1. The highest BCUT2D eigenvalue weighted by Crippen LogP contribution is 2.27. The van der Waals surface area contributed by atoms with Crippen LogP contribution in [0.1, 0.15) is 18.5 Å². The first-order chi connectivity index (χ1) is 9.08. The zero-order chi connectivity index (χ0) is 13.8. The maximum Gasteiger partial charge on any atom is 0.124 e. The molecule has 0 radical (unpaired) electrons. The van der Waals surface area contributed by atoms with Crippen molar-refractivity contribution in [3.8, 4) is 0 Å². The number of nitrogens with one attached hydrogen (secondary N) is 1. The molecule has 2 atom stereocenters. The predicted molar refractivity (Wildman–Crippen MR) is 75.1 cm³/mol. The second-order valence-electron chi connectivity index (χ2n) is 4.98. The zero-order valence-electron chi connectivity index (χ0n) is 11.3. The number of hydrogen-bond donors (Lipinski definition) is 1. The number of rotatable bonds is 4. The quantitative estimate of drug-likeness (QED) is 0.920. The molecule has 1 heterocycles. The van der Waals surface area contributed by atoms with Crippen molar-refractivity contribution in [2.45, 2.75) is 19.1 Å². The molecule has 1 N–H and O–H groups in total. The van der Waals surface area contributed by atoms with Gasteiger partial charge in [0.2, 0.25) is 0 Å². The van der Waals surface area contributed by atoms with Gasteiger partial charge in [-0.05, 0) is 31.7 Å². The standard InChI is InChI=1S/C14H20ClFN2O/c1-10(13-4-3-11(16)7-14(13)15)18(2)9-12-8-17-5-6-19-12/h3-4,7,10,12,17H,5-6,8-9H2,1-2H3. The predicted octanol–water partition coefficient (Wildman–Crippen LogP) is 2.46. The Balaban J connectivity index is 1.99. The van der Waals surface area contributed by atoms with E-state index in [4.69, 9.17) is 16.3 Å². The summed E-state index contributed by atoms with van der Waals surface area (Å²) >= 11 is 6.10. The first-order valence-electron chi connectivity index (χ1n) is 6.55. The summed E-state index contributed by atoms with van der Waals surface area (Å²) in [5.74, 6) is -0.302. The lowest BCUT2D eigenvalue weighted by Crippen LogP contribution is -2.44. The van der Waals surface area contributed by atoms with E-state index in [0.717, 1.165) is 31.8 Å². The van der Waals surface area contributed by atoms with Gasteiger partial charge >= 0.3 is 0 Å². The van der Waals surface area contributed by atoms with E-state index in [-0.39, 0.29) is 18.0 Å². The van der Waals surface area contributed by atoms with Crippen molar-refractivity contribution in [3.63, 3.8) is 0 Å². The maximum absolute atomic E-state index is 13.1. The average Bonchev–Trinajstić information content (AvgIpc) is 2.39. The molecular formula is C14H20ClFN2O. The highest BCUT2D eigenvalue weighted by Gasteiger charge is 2.20. The van der Waals surface area contributed by atoms with Crippen LogP contribution in [-0.4, -0.2) is 44.3 Å². The van der Waals surface area contributed by atoms with E-state index in [2.05, 4.69) is 17.1 Å². The number of hydrogen-bond acceptors (Lipinski definition) is 3. The molecule has 1 aliphatic rings. The minimum atomic E-state index is -0.302. The first kappa shape index (κ1) is 14.7. The van der Waals surface area contributed by atoms with Gasteiger partial charge < -0.3 is 10.1 Å². The van der Waals surface area contributed by atoms with Gasteiger partial charge in [0, 0.05) is 30.7 Å². The van der Waals surface area contributed by atoms with Crippen molar-refractivity contribution < 1.29 is 9.13 Å². The summed E-state index contributed by atoms with van der Waals surface area (Å²) in [4.78, 5) is 2.18. The number of likely N-dealkylation sites (N-methyl/N-ethyl adjacent to an activating group) is 1. The van der Waals surface area contributed by atoms with E-state index in [0.29, 0.717) is 5.02 Å². The second-order valence-corrected chi connectivity index (χ2v) is 5.39.